The van der Waals surface area contributed by atoms with Gasteiger partial charge in [0.15, 0.2) is 0 Å². The maximum absolute atomic E-state index is 10.2. The zero-order chi connectivity index (χ0) is 6.57. The molecule has 0 amide bonds. The third-order valence-corrected chi connectivity index (χ3v) is 0.563. The van der Waals surface area contributed by atoms with Crippen LogP contribution in [0.25, 0.3) is 0 Å². The van der Waals surface area contributed by atoms with Crippen LogP contribution in [0.15, 0.2) is 0 Å². The number of rotatable bonds is 2. The minimum absolute atomic E-state index is 0. The molecule has 0 heterocycles. The number of ether oxygens (including phenoxy) is 1. The topological polar surface area (TPSA) is 43.4 Å². The molecule has 0 aromatic rings. The molecule has 3 heteroatoms. The second-order valence-electron chi connectivity index (χ2n) is 1.28. The lowest BCUT2D eigenvalue weighted by atomic mass is 10.5. The number of Topliss-reactive ketones (excluding diaryl/α,β-unsaturated/α-hetero) is 1. The molecule has 9 heavy (non-hydrogen) atoms. The van der Waals surface area contributed by atoms with Crippen LogP contribution in [0.1, 0.15) is 21.3 Å². The predicted molar refractivity (Wildman–Crippen MR) is 34.0 cm³/mol. The van der Waals surface area contributed by atoms with E-state index in [0.29, 0.717) is 0 Å². The number of hydrogen-bond acceptors (Lipinski definition) is 3. The van der Waals surface area contributed by atoms with E-state index in [9.17, 15) is 9.59 Å². The van der Waals surface area contributed by atoms with Crippen LogP contribution >= 0.6 is 0 Å². The first-order chi connectivity index (χ1) is 3.68. The zero-order valence-corrected chi connectivity index (χ0v) is 4.93. The van der Waals surface area contributed by atoms with Crippen molar-refractivity contribution in [3.8, 4) is 0 Å². The molecular weight excluding hydrogens is 120 g/mol. The molecule has 0 radical (unpaired) electrons. The van der Waals surface area contributed by atoms with Gasteiger partial charge in [0.2, 0.25) is 5.78 Å². The van der Waals surface area contributed by atoms with Gasteiger partial charge in [-0.1, -0.05) is 7.43 Å². The Labute approximate surface area is 55.0 Å². The van der Waals surface area contributed by atoms with Gasteiger partial charge in [-0.3, -0.25) is 4.79 Å². The zero-order valence-electron chi connectivity index (χ0n) is 4.93. The van der Waals surface area contributed by atoms with Crippen molar-refractivity contribution in [3.05, 3.63) is 0 Å². The normalized spacial score (nSPS) is 7.33. The molecule has 0 saturated carbocycles. The second kappa shape index (κ2) is 5.28. The Morgan fingerprint density at radius 2 is 1.89 bits per heavy atom. The maximum Gasteiger partial charge on any atom is 0.374 e. The lowest BCUT2D eigenvalue weighted by Gasteiger charge is -1.93. The quantitative estimate of drug-likeness (QED) is 0.412. The van der Waals surface area contributed by atoms with Gasteiger partial charge in [-0.2, -0.15) is 0 Å². The highest BCUT2D eigenvalue weighted by molar-refractivity contribution is 6.32. The van der Waals surface area contributed by atoms with Gasteiger partial charge in [-0.25, -0.2) is 4.79 Å². The summed E-state index contributed by atoms with van der Waals surface area (Å²) in [4.78, 5) is 20.2. The predicted octanol–water partition coefficient (Wildman–Crippen LogP) is 0.775. The minimum Gasteiger partial charge on any atom is -0.460 e. The SMILES string of the molecule is C.CCOC(=O)C(C)=O. The van der Waals surface area contributed by atoms with Gasteiger partial charge in [0.1, 0.15) is 0 Å². The van der Waals surface area contributed by atoms with Crippen LogP contribution in [0.2, 0.25) is 0 Å². The lowest BCUT2D eigenvalue weighted by molar-refractivity contribution is -0.152. The third kappa shape index (κ3) is 5.00. The van der Waals surface area contributed by atoms with Gasteiger partial charge in [0.05, 0.1) is 6.61 Å². The summed E-state index contributed by atoms with van der Waals surface area (Å²) in [5.74, 6) is -1.31. The molecule has 0 fully saturated rings. The minimum atomic E-state index is -0.757. The van der Waals surface area contributed by atoms with Gasteiger partial charge in [0.25, 0.3) is 0 Å². The molecule has 0 unspecified atom stereocenters. The first-order valence-corrected chi connectivity index (χ1v) is 2.36. The monoisotopic (exact) mass is 132 g/mol. The number of carbonyl (C=O) groups is 2. The van der Waals surface area contributed by atoms with Gasteiger partial charge < -0.3 is 4.74 Å². The second-order valence-corrected chi connectivity index (χ2v) is 1.28. The van der Waals surface area contributed by atoms with Crippen LogP contribution in [0.4, 0.5) is 0 Å². The molecule has 0 rings (SSSR count). The molecule has 0 aromatic carbocycles. The van der Waals surface area contributed by atoms with Gasteiger partial charge in [0, 0.05) is 6.92 Å². The van der Waals surface area contributed by atoms with Gasteiger partial charge in [-0.15, -0.1) is 0 Å². The molecule has 0 atom stereocenters. The van der Waals surface area contributed by atoms with Crippen molar-refractivity contribution in [3.63, 3.8) is 0 Å². The van der Waals surface area contributed by atoms with E-state index < -0.39 is 11.8 Å². The Morgan fingerprint density at radius 1 is 1.44 bits per heavy atom. The molecule has 0 aliphatic rings. The van der Waals surface area contributed by atoms with Gasteiger partial charge >= 0.3 is 5.97 Å². The molecule has 54 valence electrons. The number of hydrogen-bond donors (Lipinski definition) is 0. The molecule has 3 nitrogen and oxygen atoms in total. The van der Waals surface area contributed by atoms with Crippen LogP contribution in [0.5, 0.6) is 0 Å². The van der Waals surface area contributed by atoms with Crippen molar-refractivity contribution in [1.29, 1.82) is 0 Å². The molecule has 0 spiro atoms. The summed E-state index contributed by atoms with van der Waals surface area (Å²) in [6.45, 7) is 3.09. The van der Waals surface area contributed by atoms with E-state index in [1.807, 2.05) is 0 Å². The van der Waals surface area contributed by atoms with Crippen molar-refractivity contribution in [2.75, 3.05) is 6.61 Å². The fraction of sp³-hybridized carbons (Fsp3) is 0.667. The van der Waals surface area contributed by atoms with E-state index in [1.54, 1.807) is 6.92 Å². The Bertz CT molecular complexity index is 107. The van der Waals surface area contributed by atoms with Crippen molar-refractivity contribution in [2.24, 2.45) is 0 Å². The molecule has 0 aromatic heterocycles. The van der Waals surface area contributed by atoms with E-state index in [0.717, 1.165) is 0 Å². The molecule has 0 aliphatic heterocycles. The van der Waals surface area contributed by atoms with Crippen LogP contribution in [0.3, 0.4) is 0 Å². The molecule has 0 saturated heterocycles. The highest BCUT2D eigenvalue weighted by Gasteiger charge is 2.05. The van der Waals surface area contributed by atoms with Crippen LogP contribution < -0.4 is 0 Å². The van der Waals surface area contributed by atoms with E-state index in [1.165, 1.54) is 6.92 Å². The molecule has 0 N–H and O–H groups in total. The first kappa shape index (κ1) is 11.0. The van der Waals surface area contributed by atoms with Crippen LogP contribution in [-0.4, -0.2) is 18.4 Å². The summed E-state index contributed by atoms with van der Waals surface area (Å²) >= 11 is 0. The van der Waals surface area contributed by atoms with E-state index in [2.05, 4.69) is 4.74 Å². The van der Waals surface area contributed by atoms with Crippen molar-refractivity contribution in [1.82, 2.24) is 0 Å². The van der Waals surface area contributed by atoms with Crippen molar-refractivity contribution in [2.45, 2.75) is 21.3 Å². The number of ketones is 1. The summed E-state index contributed by atoms with van der Waals surface area (Å²) in [6.07, 6.45) is 0. The van der Waals surface area contributed by atoms with E-state index in [-0.39, 0.29) is 14.0 Å². The smallest absolute Gasteiger partial charge is 0.374 e. The summed E-state index contributed by atoms with van der Waals surface area (Å²) in [7, 11) is 0. The molecule has 0 aliphatic carbocycles. The maximum atomic E-state index is 10.2. The standard InChI is InChI=1S/C5H8O3.CH4/c1-3-8-5(7)4(2)6;/h3H2,1-2H3;1H4. The third-order valence-electron chi connectivity index (χ3n) is 0.563. The summed E-state index contributed by atoms with van der Waals surface area (Å²) in [5.41, 5.74) is 0. The van der Waals surface area contributed by atoms with Crippen molar-refractivity contribution >= 4 is 11.8 Å². The summed E-state index contributed by atoms with van der Waals surface area (Å²) in [5, 5.41) is 0. The Kier molecular flexibility index (Phi) is 6.46. The van der Waals surface area contributed by atoms with E-state index in [4.69, 9.17) is 0 Å². The Hall–Kier alpha value is -0.860. The Morgan fingerprint density at radius 3 is 2.00 bits per heavy atom. The fourth-order valence-electron chi connectivity index (χ4n) is 0.233. The highest BCUT2D eigenvalue weighted by atomic mass is 16.5. The largest absolute Gasteiger partial charge is 0.460 e. The fourth-order valence-corrected chi connectivity index (χ4v) is 0.233. The van der Waals surface area contributed by atoms with Crippen molar-refractivity contribution < 1.29 is 14.3 Å². The first-order valence-electron chi connectivity index (χ1n) is 2.36. The highest BCUT2D eigenvalue weighted by Crippen LogP contribution is 1.77. The summed E-state index contributed by atoms with van der Waals surface area (Å²) < 4.78 is 4.31. The average Bonchev–Trinajstić information content (AvgIpc) is 1.67. The molecular formula is C6H12O3. The van der Waals surface area contributed by atoms with Gasteiger partial charge in [-0.05, 0) is 6.92 Å². The lowest BCUT2D eigenvalue weighted by Crippen LogP contribution is -2.12. The average molecular weight is 132 g/mol. The van der Waals surface area contributed by atoms with Crippen LogP contribution in [0, 0.1) is 0 Å². The number of esters is 1. The number of carbonyl (C=O) groups excluding carboxylic acids is 2. The summed E-state index contributed by atoms with van der Waals surface area (Å²) in [6, 6.07) is 0. The molecule has 0 bridgehead atoms. The Balaban J connectivity index is 0. The van der Waals surface area contributed by atoms with Crippen LogP contribution in [-0.2, 0) is 14.3 Å². The van der Waals surface area contributed by atoms with E-state index >= 15 is 0 Å².